The van der Waals surface area contributed by atoms with Crippen LogP contribution in [0.5, 0.6) is 0 Å². The van der Waals surface area contributed by atoms with E-state index in [4.69, 9.17) is 13.0 Å². The zero-order chi connectivity index (χ0) is 21.7. The molecule has 23 heavy (non-hydrogen) atoms. The van der Waals surface area contributed by atoms with Crippen LogP contribution in [0.3, 0.4) is 0 Å². The summed E-state index contributed by atoms with van der Waals surface area (Å²) in [5.74, 6) is -1.79. The molecule has 0 aromatic rings. The van der Waals surface area contributed by atoms with Gasteiger partial charge in [0, 0.05) is 21.3 Å². The molecule has 8 heteroatoms. The highest BCUT2D eigenvalue weighted by Gasteiger charge is 2.54. The van der Waals surface area contributed by atoms with Gasteiger partial charge in [0.2, 0.25) is 5.60 Å². The van der Waals surface area contributed by atoms with Crippen LogP contribution in [0.15, 0.2) is 11.6 Å². The van der Waals surface area contributed by atoms with Crippen LogP contribution in [-0.4, -0.2) is 80.4 Å². The highest BCUT2D eigenvalue weighted by Crippen LogP contribution is 2.31. The smallest absolute Gasteiger partial charge is 0.344 e. The van der Waals surface area contributed by atoms with Crippen molar-refractivity contribution >= 4 is 18.4 Å². The number of esters is 1. The van der Waals surface area contributed by atoms with Crippen molar-refractivity contribution in [2.24, 2.45) is 0 Å². The Hall–Kier alpha value is -0.700. The lowest BCUT2D eigenvalue weighted by atomic mass is 9.81. The van der Waals surface area contributed by atoms with E-state index in [2.05, 4.69) is 0 Å². The number of nitrogens with zero attached hydrogens (tertiary/aromatic N) is 1. The quantitative estimate of drug-likeness (QED) is 0.377. The van der Waals surface area contributed by atoms with E-state index in [9.17, 15) is 25.2 Å². The summed E-state index contributed by atoms with van der Waals surface area (Å²) in [6, 6.07) is -0.406. The molecule has 0 aliphatic carbocycles. The third-order valence-corrected chi connectivity index (χ3v) is 4.28. The maximum absolute atomic E-state index is 12.6. The van der Waals surface area contributed by atoms with Gasteiger partial charge in [-0.15, -0.1) is 12.4 Å². The molecule has 2 aliphatic heterocycles. The number of aliphatic hydroxyl groups excluding tert-OH is 2. The summed E-state index contributed by atoms with van der Waals surface area (Å²) < 4.78 is 49.3. The van der Waals surface area contributed by atoms with Gasteiger partial charge in [0.1, 0.15) is 12.2 Å². The van der Waals surface area contributed by atoms with Gasteiger partial charge < -0.3 is 25.2 Å². The highest BCUT2D eigenvalue weighted by molar-refractivity contribution is 5.85. The van der Waals surface area contributed by atoms with Gasteiger partial charge in [0.05, 0.1) is 18.2 Å². The van der Waals surface area contributed by atoms with Gasteiger partial charge in [0.15, 0.2) is 0 Å². The molecule has 2 rings (SSSR count). The average Bonchev–Trinajstić information content (AvgIpc) is 3.12. The summed E-state index contributed by atoms with van der Waals surface area (Å²) in [5.41, 5.74) is -7.14. The summed E-state index contributed by atoms with van der Waals surface area (Å²) in [6.45, 7) is -6.06. The molecule has 4 atom stereocenters. The van der Waals surface area contributed by atoms with E-state index in [0.29, 0.717) is 25.1 Å². The number of ether oxygens (including phenoxy) is 1. The topological polar surface area (TPSA) is 110 Å². The Morgan fingerprint density at radius 2 is 2.22 bits per heavy atom. The van der Waals surface area contributed by atoms with Gasteiger partial charge in [-0.1, -0.05) is 6.08 Å². The molecule has 0 saturated carbocycles. The number of aliphatic hydroxyl groups is 4. The van der Waals surface area contributed by atoms with Crippen molar-refractivity contribution in [1.82, 2.24) is 4.90 Å². The summed E-state index contributed by atoms with van der Waals surface area (Å²) in [6.07, 6.45) is -0.755. The number of carbonyl (C=O) groups is 1. The van der Waals surface area contributed by atoms with Crippen molar-refractivity contribution in [3.63, 3.8) is 0 Å². The normalized spacial score (nSPS) is 33.3. The lowest BCUT2D eigenvalue weighted by molar-refractivity contribution is -0.213. The Kier molecular flexibility index (Phi) is 3.87. The Labute approximate surface area is 150 Å². The fraction of sp³-hybridized carbons (Fsp3) is 0.800. The predicted molar refractivity (Wildman–Crippen MR) is 85.2 cm³/mol. The maximum Gasteiger partial charge on any atom is 0.344 e. The Morgan fingerprint density at radius 1 is 1.57 bits per heavy atom. The molecule has 0 spiro atoms. The minimum Gasteiger partial charge on any atom is -0.459 e. The van der Waals surface area contributed by atoms with Crippen molar-refractivity contribution in [2.75, 3.05) is 19.7 Å². The third kappa shape index (κ3) is 3.55. The van der Waals surface area contributed by atoms with Crippen LogP contribution in [0.1, 0.15) is 35.3 Å². The number of rotatable bonds is 5. The number of halogens is 1. The first-order valence-electron chi connectivity index (χ1n) is 10.00. The van der Waals surface area contributed by atoms with Gasteiger partial charge >= 0.3 is 5.97 Å². The van der Waals surface area contributed by atoms with Gasteiger partial charge in [-0.2, -0.15) is 0 Å². The molecule has 4 N–H and O–H groups in total. The molecule has 2 aliphatic rings. The maximum atomic E-state index is 12.6. The van der Waals surface area contributed by atoms with E-state index in [1.54, 1.807) is 6.08 Å². The predicted octanol–water partition coefficient (Wildman–Crippen LogP) is -0.791. The molecule has 7 nitrogen and oxygen atoms in total. The lowest BCUT2D eigenvalue weighted by Gasteiger charge is -2.38. The van der Waals surface area contributed by atoms with Gasteiger partial charge in [-0.05, 0) is 32.6 Å². The van der Waals surface area contributed by atoms with Crippen molar-refractivity contribution in [2.45, 2.75) is 56.5 Å². The fourth-order valence-electron chi connectivity index (χ4n) is 2.90. The van der Waals surface area contributed by atoms with Gasteiger partial charge in [-0.25, -0.2) is 4.79 Å². The van der Waals surface area contributed by atoms with E-state index in [1.807, 2.05) is 4.90 Å². The molecule has 1 fully saturated rings. The van der Waals surface area contributed by atoms with Crippen molar-refractivity contribution in [3.8, 4) is 0 Å². The Bertz CT molecular complexity index is 640. The highest BCUT2D eigenvalue weighted by atomic mass is 35.5. The Balaban J connectivity index is 0.00000420. The minimum atomic E-state index is -3.98. The monoisotopic (exact) mass is 357 g/mol. The van der Waals surface area contributed by atoms with E-state index >= 15 is 0 Å². The molecule has 0 radical (unpaired) electrons. The third-order valence-electron chi connectivity index (χ3n) is 4.28. The van der Waals surface area contributed by atoms with Crippen LogP contribution in [0, 0.1) is 0 Å². The van der Waals surface area contributed by atoms with Crippen LogP contribution in [0.25, 0.3) is 0 Å². The fourth-order valence-corrected chi connectivity index (χ4v) is 2.90. The van der Waals surface area contributed by atoms with E-state index in [-0.39, 0.29) is 12.4 Å². The van der Waals surface area contributed by atoms with Crippen LogP contribution in [0.2, 0.25) is 0 Å². The van der Waals surface area contributed by atoms with E-state index < -0.39 is 55.7 Å². The molecular weight excluding hydrogens is 326 g/mol. The molecule has 0 aromatic carbocycles. The zero-order valence-electron chi connectivity index (χ0n) is 18.6. The first kappa shape index (κ1) is 12.6. The SMILES string of the molecule is Cl.[2H]C([2H])([2H])C(O)(C([2H])([2H])[2H])[C@@](O)(C(=O)OCC1=CCN2CC[C@@H](O)[C@@H]12)[C@H](C)O. The molecule has 0 amide bonds. The van der Waals surface area contributed by atoms with E-state index in [0.717, 1.165) is 6.92 Å². The summed E-state index contributed by atoms with van der Waals surface area (Å²) in [7, 11) is 0. The molecule has 1 saturated heterocycles. The largest absolute Gasteiger partial charge is 0.459 e. The number of hydrogen-bond donors (Lipinski definition) is 4. The molecule has 0 aromatic heterocycles. The molecule has 0 bridgehead atoms. The van der Waals surface area contributed by atoms with Crippen molar-refractivity contribution in [3.05, 3.63) is 11.6 Å². The average molecular weight is 358 g/mol. The number of fused-ring (bicyclic) bond motifs is 1. The lowest BCUT2D eigenvalue weighted by Crippen LogP contribution is -2.63. The zero-order valence-corrected chi connectivity index (χ0v) is 13.4. The number of hydrogen-bond acceptors (Lipinski definition) is 7. The summed E-state index contributed by atoms with van der Waals surface area (Å²) in [4.78, 5) is 14.5. The molecule has 134 valence electrons. The Morgan fingerprint density at radius 3 is 2.78 bits per heavy atom. The van der Waals surface area contributed by atoms with Crippen LogP contribution in [0.4, 0.5) is 0 Å². The first-order valence-corrected chi connectivity index (χ1v) is 7.00. The van der Waals surface area contributed by atoms with Crippen LogP contribution >= 0.6 is 12.4 Å². The number of carbonyl (C=O) groups excluding carboxylic acids is 1. The molecule has 0 unspecified atom stereocenters. The second kappa shape index (κ2) is 7.04. The summed E-state index contributed by atoms with van der Waals surface area (Å²) >= 11 is 0. The standard InChI is InChI=1S/C15H25NO6.ClH/c1-9(17)15(21,14(2,3)20)13(19)22-8-10-4-6-16-7-5-11(18)12(10)16;/h4,9,11-12,17-18,20-21H,5-8H2,1-3H3;1H/t9-,11+,12+,15-;/m0./s1/i2D3,3D3;. The van der Waals surface area contributed by atoms with Gasteiger partial charge in [0.25, 0.3) is 0 Å². The second-order valence-corrected chi connectivity index (χ2v) is 5.80. The molecular formula is C15H26ClNO6. The molecule has 2 heterocycles. The van der Waals surface area contributed by atoms with Gasteiger partial charge in [-0.3, -0.25) is 4.90 Å². The van der Waals surface area contributed by atoms with Crippen LogP contribution < -0.4 is 0 Å². The van der Waals surface area contributed by atoms with Crippen LogP contribution in [-0.2, 0) is 9.53 Å². The first-order chi connectivity index (χ1) is 12.6. The second-order valence-electron chi connectivity index (χ2n) is 5.80. The minimum absolute atomic E-state index is 0. The van der Waals surface area contributed by atoms with E-state index in [1.165, 1.54) is 0 Å². The summed E-state index contributed by atoms with van der Waals surface area (Å²) in [5, 5.41) is 41.2. The van der Waals surface area contributed by atoms with Crippen molar-refractivity contribution in [1.29, 1.82) is 0 Å². The van der Waals surface area contributed by atoms with Crippen molar-refractivity contribution < 1.29 is 38.2 Å².